The van der Waals surface area contributed by atoms with Crippen LogP contribution in [0.25, 0.3) is 0 Å². The summed E-state index contributed by atoms with van der Waals surface area (Å²) in [7, 11) is 0. The van der Waals surface area contributed by atoms with E-state index in [1.165, 1.54) is 5.56 Å². The number of hydrazone groups is 1. The lowest BCUT2D eigenvalue weighted by molar-refractivity contribution is -0.126. The van der Waals surface area contributed by atoms with Crippen molar-refractivity contribution in [2.75, 3.05) is 13.1 Å². The van der Waals surface area contributed by atoms with Crippen molar-refractivity contribution >= 4 is 28.1 Å². The lowest BCUT2D eigenvalue weighted by Gasteiger charge is -2.30. The highest BCUT2D eigenvalue weighted by Gasteiger charge is 2.24. The van der Waals surface area contributed by atoms with Crippen LogP contribution in [0.3, 0.4) is 0 Å². The highest BCUT2D eigenvalue weighted by atomic mass is 79.9. The molecule has 0 bridgehead atoms. The zero-order valence-electron chi connectivity index (χ0n) is 14.1. The van der Waals surface area contributed by atoms with Gasteiger partial charge in [-0.05, 0) is 49.2 Å². The second-order valence-electron chi connectivity index (χ2n) is 6.32. The minimum Gasteiger partial charge on any atom is -0.299 e. The number of nitrogens with zero attached hydrogens (tertiary/aromatic N) is 2. The van der Waals surface area contributed by atoms with E-state index < -0.39 is 0 Å². The number of carbonyl (C=O) groups excluding carboxylic acids is 1. The molecule has 0 aliphatic carbocycles. The number of likely N-dealkylation sites (tertiary alicyclic amines) is 1. The minimum absolute atomic E-state index is 0.0236. The topological polar surface area (TPSA) is 44.7 Å². The molecule has 4 nitrogen and oxygen atoms in total. The molecule has 5 heteroatoms. The number of amides is 1. The number of halogens is 1. The maximum absolute atomic E-state index is 12.2. The Labute approximate surface area is 157 Å². The average molecular weight is 400 g/mol. The van der Waals surface area contributed by atoms with Crippen molar-refractivity contribution in [1.82, 2.24) is 10.3 Å². The van der Waals surface area contributed by atoms with E-state index in [1.807, 2.05) is 30.3 Å². The van der Waals surface area contributed by atoms with E-state index in [1.54, 1.807) is 6.21 Å². The molecular formula is C20H22BrN3O. The predicted molar refractivity (Wildman–Crippen MR) is 104 cm³/mol. The van der Waals surface area contributed by atoms with Crippen LogP contribution in [0.5, 0.6) is 0 Å². The highest BCUT2D eigenvalue weighted by molar-refractivity contribution is 9.10. The molecule has 130 valence electrons. The van der Waals surface area contributed by atoms with Crippen molar-refractivity contribution in [2.24, 2.45) is 11.0 Å². The van der Waals surface area contributed by atoms with E-state index in [0.29, 0.717) is 0 Å². The number of nitrogens with one attached hydrogen (secondary N) is 1. The van der Waals surface area contributed by atoms with Gasteiger partial charge in [-0.25, -0.2) is 5.43 Å². The van der Waals surface area contributed by atoms with Gasteiger partial charge in [-0.3, -0.25) is 9.69 Å². The molecule has 0 unspecified atom stereocenters. The second-order valence-corrected chi connectivity index (χ2v) is 7.24. The van der Waals surface area contributed by atoms with Crippen LogP contribution in [0.4, 0.5) is 0 Å². The standard InChI is InChI=1S/C20H22BrN3O/c21-19-8-6-17(7-9-19)15-24-12-10-18(11-13-24)20(25)23-22-14-16-4-2-1-3-5-16/h1-9,14,18H,10-13,15H2,(H,23,25)/b22-14+. The number of carbonyl (C=O) groups is 1. The van der Waals surface area contributed by atoms with Crippen molar-refractivity contribution in [3.63, 3.8) is 0 Å². The Morgan fingerprint density at radius 3 is 2.48 bits per heavy atom. The molecule has 1 saturated heterocycles. The molecule has 2 aromatic carbocycles. The first-order valence-electron chi connectivity index (χ1n) is 8.55. The van der Waals surface area contributed by atoms with Crippen molar-refractivity contribution in [3.8, 4) is 0 Å². The van der Waals surface area contributed by atoms with Crippen LogP contribution in [-0.4, -0.2) is 30.1 Å². The number of hydrogen-bond donors (Lipinski definition) is 1. The normalized spacial score (nSPS) is 16.2. The van der Waals surface area contributed by atoms with E-state index >= 15 is 0 Å². The fourth-order valence-corrected chi connectivity index (χ4v) is 3.27. The summed E-state index contributed by atoms with van der Waals surface area (Å²) in [5.74, 6) is 0.0737. The average Bonchev–Trinajstić information content (AvgIpc) is 2.65. The summed E-state index contributed by atoms with van der Waals surface area (Å²) in [5, 5.41) is 4.07. The van der Waals surface area contributed by atoms with Crippen molar-refractivity contribution in [3.05, 3.63) is 70.2 Å². The van der Waals surface area contributed by atoms with Gasteiger partial charge in [0.15, 0.2) is 0 Å². The molecule has 3 rings (SSSR count). The van der Waals surface area contributed by atoms with Crippen LogP contribution in [-0.2, 0) is 11.3 Å². The van der Waals surface area contributed by atoms with Crippen LogP contribution in [0.2, 0.25) is 0 Å². The SMILES string of the molecule is O=C(N/N=C/c1ccccc1)C1CCN(Cc2ccc(Br)cc2)CC1. The number of rotatable bonds is 5. The molecule has 1 amide bonds. The summed E-state index contributed by atoms with van der Waals surface area (Å²) in [6.45, 7) is 2.82. The molecule has 0 radical (unpaired) electrons. The molecule has 0 aromatic heterocycles. The summed E-state index contributed by atoms with van der Waals surface area (Å²) < 4.78 is 1.10. The molecule has 0 atom stereocenters. The van der Waals surface area contributed by atoms with E-state index in [9.17, 15) is 4.79 Å². The van der Waals surface area contributed by atoms with Crippen molar-refractivity contribution < 1.29 is 4.79 Å². The van der Waals surface area contributed by atoms with E-state index in [0.717, 1.165) is 42.5 Å². The maximum atomic E-state index is 12.2. The summed E-state index contributed by atoms with van der Waals surface area (Å²) in [6.07, 6.45) is 3.44. The van der Waals surface area contributed by atoms with Crippen molar-refractivity contribution in [2.45, 2.75) is 19.4 Å². The third-order valence-corrected chi connectivity index (χ3v) is 4.99. The largest absolute Gasteiger partial charge is 0.299 e. The van der Waals surface area contributed by atoms with Gasteiger partial charge in [-0.1, -0.05) is 58.4 Å². The number of hydrogen-bond acceptors (Lipinski definition) is 3. The smallest absolute Gasteiger partial charge is 0.243 e. The molecule has 0 saturated carbocycles. The Bertz CT molecular complexity index is 707. The number of piperidine rings is 1. The van der Waals surface area contributed by atoms with Gasteiger partial charge < -0.3 is 0 Å². The molecule has 1 heterocycles. The zero-order chi connectivity index (χ0) is 17.5. The number of benzene rings is 2. The first-order valence-corrected chi connectivity index (χ1v) is 9.35. The first-order chi connectivity index (χ1) is 12.2. The van der Waals surface area contributed by atoms with E-state index in [2.05, 4.69) is 55.6 Å². The zero-order valence-corrected chi connectivity index (χ0v) is 15.7. The molecule has 0 spiro atoms. The van der Waals surface area contributed by atoms with Crippen LogP contribution >= 0.6 is 15.9 Å². The summed E-state index contributed by atoms with van der Waals surface area (Å²) in [4.78, 5) is 14.6. The molecule has 1 aliphatic rings. The van der Waals surface area contributed by atoms with Crippen LogP contribution in [0.1, 0.15) is 24.0 Å². The fourth-order valence-electron chi connectivity index (χ4n) is 3.00. The third kappa shape index (κ3) is 5.51. The van der Waals surface area contributed by atoms with E-state index in [-0.39, 0.29) is 11.8 Å². The van der Waals surface area contributed by atoms with Gasteiger partial charge in [0.25, 0.3) is 0 Å². The summed E-state index contributed by atoms with van der Waals surface area (Å²) >= 11 is 3.46. The Hall–Kier alpha value is -1.98. The Morgan fingerprint density at radius 2 is 1.80 bits per heavy atom. The lowest BCUT2D eigenvalue weighted by atomic mass is 9.96. The van der Waals surface area contributed by atoms with Crippen LogP contribution in [0.15, 0.2) is 64.2 Å². The van der Waals surface area contributed by atoms with E-state index in [4.69, 9.17) is 0 Å². The molecular weight excluding hydrogens is 378 g/mol. The highest BCUT2D eigenvalue weighted by Crippen LogP contribution is 2.20. The van der Waals surface area contributed by atoms with Crippen LogP contribution in [0, 0.1) is 5.92 Å². The Kier molecular flexibility index (Phi) is 6.36. The second kappa shape index (κ2) is 8.92. The third-order valence-electron chi connectivity index (χ3n) is 4.47. The van der Waals surface area contributed by atoms with Gasteiger partial charge in [-0.15, -0.1) is 0 Å². The van der Waals surface area contributed by atoms with Gasteiger partial charge >= 0.3 is 0 Å². The van der Waals surface area contributed by atoms with Crippen molar-refractivity contribution in [1.29, 1.82) is 0 Å². The van der Waals surface area contributed by atoms with Gasteiger partial charge in [-0.2, -0.15) is 5.10 Å². The molecule has 1 aliphatic heterocycles. The first kappa shape index (κ1) is 17.8. The Balaban J connectivity index is 1.43. The van der Waals surface area contributed by atoms with Gasteiger partial charge in [0.1, 0.15) is 0 Å². The molecule has 1 fully saturated rings. The summed E-state index contributed by atoms with van der Waals surface area (Å²) in [6, 6.07) is 18.2. The van der Waals surface area contributed by atoms with Gasteiger partial charge in [0.2, 0.25) is 5.91 Å². The lowest BCUT2D eigenvalue weighted by Crippen LogP contribution is -2.39. The van der Waals surface area contributed by atoms with Crippen LogP contribution < -0.4 is 5.43 Å². The molecule has 1 N–H and O–H groups in total. The van der Waals surface area contributed by atoms with Gasteiger partial charge in [0, 0.05) is 16.9 Å². The fraction of sp³-hybridized carbons (Fsp3) is 0.300. The predicted octanol–water partition coefficient (Wildman–Crippen LogP) is 3.81. The molecule has 25 heavy (non-hydrogen) atoms. The monoisotopic (exact) mass is 399 g/mol. The Morgan fingerprint density at radius 1 is 1.12 bits per heavy atom. The molecule has 2 aromatic rings. The quantitative estimate of drug-likeness (QED) is 0.613. The minimum atomic E-state index is 0.0236. The van der Waals surface area contributed by atoms with Gasteiger partial charge in [0.05, 0.1) is 6.21 Å². The summed E-state index contributed by atoms with van der Waals surface area (Å²) in [5.41, 5.74) is 4.96. The maximum Gasteiger partial charge on any atom is 0.243 e.